The normalized spacial score (nSPS) is 11.6. The van der Waals surface area contributed by atoms with Crippen molar-refractivity contribution < 1.29 is 22.9 Å². The number of nitro benzene ring substituents is 1. The van der Waals surface area contributed by atoms with Gasteiger partial charge in [0, 0.05) is 38.5 Å². The van der Waals surface area contributed by atoms with Crippen LogP contribution >= 0.6 is 0 Å². The summed E-state index contributed by atoms with van der Waals surface area (Å²) < 4.78 is 33.0. The van der Waals surface area contributed by atoms with E-state index in [2.05, 4.69) is 0 Å². The maximum absolute atomic E-state index is 12.6. The van der Waals surface area contributed by atoms with Crippen molar-refractivity contribution in [2.24, 2.45) is 7.05 Å². The Morgan fingerprint density at radius 3 is 2.33 bits per heavy atom. The van der Waals surface area contributed by atoms with E-state index in [1.54, 1.807) is 20.9 Å². The Hall–Kier alpha value is -2.72. The van der Waals surface area contributed by atoms with Crippen molar-refractivity contribution in [2.45, 2.75) is 25.3 Å². The second kappa shape index (κ2) is 8.31. The van der Waals surface area contributed by atoms with Gasteiger partial charge in [-0.1, -0.05) is 13.8 Å². The number of non-ortho nitro benzene ring substituents is 1. The Morgan fingerprint density at radius 2 is 1.81 bits per heavy atom. The molecule has 27 heavy (non-hydrogen) atoms. The number of nitrogens with zero attached hydrogens (tertiary/aromatic N) is 3. The van der Waals surface area contributed by atoms with Crippen molar-refractivity contribution in [2.75, 3.05) is 13.1 Å². The minimum absolute atomic E-state index is 0.0241. The highest BCUT2D eigenvalue weighted by atomic mass is 32.2. The molecule has 1 aromatic heterocycles. The number of rotatable bonds is 8. The van der Waals surface area contributed by atoms with E-state index < -0.39 is 20.9 Å². The molecule has 0 fully saturated rings. The Balaban J connectivity index is 2.13. The van der Waals surface area contributed by atoms with Gasteiger partial charge in [0.2, 0.25) is 10.0 Å². The topological polar surface area (TPSA) is 112 Å². The van der Waals surface area contributed by atoms with Crippen molar-refractivity contribution in [3.63, 3.8) is 0 Å². The fourth-order valence-corrected chi connectivity index (χ4v) is 4.06. The van der Waals surface area contributed by atoms with E-state index in [9.17, 15) is 23.3 Å². The smallest absolute Gasteiger partial charge is 0.355 e. The van der Waals surface area contributed by atoms with Gasteiger partial charge in [0.1, 0.15) is 17.2 Å². The van der Waals surface area contributed by atoms with E-state index in [4.69, 9.17) is 4.74 Å². The van der Waals surface area contributed by atoms with E-state index >= 15 is 0 Å². The molecule has 0 amide bonds. The van der Waals surface area contributed by atoms with Crippen LogP contribution in [0.1, 0.15) is 29.9 Å². The molecule has 0 atom stereocenters. The molecule has 9 nitrogen and oxygen atoms in total. The molecule has 0 saturated heterocycles. The van der Waals surface area contributed by atoms with Gasteiger partial charge in [0.05, 0.1) is 4.92 Å². The summed E-state index contributed by atoms with van der Waals surface area (Å²) in [5, 5.41) is 10.6. The SMILES string of the molecule is CCN(CC)S(=O)(=O)c1cc(C(=O)OCc2ccc([N+](=O)[O-])cc2)n(C)c1. The minimum atomic E-state index is -3.68. The lowest BCUT2D eigenvalue weighted by Crippen LogP contribution is -2.30. The van der Waals surface area contributed by atoms with Gasteiger partial charge in [-0.15, -0.1) is 0 Å². The van der Waals surface area contributed by atoms with Crippen LogP contribution in [0.3, 0.4) is 0 Å². The lowest BCUT2D eigenvalue weighted by atomic mass is 10.2. The molecule has 1 aromatic carbocycles. The van der Waals surface area contributed by atoms with Gasteiger partial charge in [-0.25, -0.2) is 13.2 Å². The third kappa shape index (κ3) is 4.52. The minimum Gasteiger partial charge on any atom is -0.456 e. The largest absolute Gasteiger partial charge is 0.456 e. The van der Waals surface area contributed by atoms with Gasteiger partial charge in [-0.05, 0) is 23.8 Å². The van der Waals surface area contributed by atoms with Crippen LogP contribution in [-0.4, -0.2) is 41.3 Å². The number of nitro groups is 1. The lowest BCUT2D eigenvalue weighted by Gasteiger charge is -2.17. The molecule has 1 heterocycles. The summed E-state index contributed by atoms with van der Waals surface area (Å²) in [6.45, 7) is 4.05. The predicted octanol–water partition coefficient (Wildman–Crippen LogP) is 2.32. The van der Waals surface area contributed by atoms with Crippen LogP contribution < -0.4 is 0 Å². The average Bonchev–Trinajstić information content (AvgIpc) is 3.03. The molecule has 0 N–H and O–H groups in total. The van der Waals surface area contributed by atoms with E-state index in [1.165, 1.54) is 45.4 Å². The number of carbonyl (C=O) groups excluding carboxylic acids is 1. The van der Waals surface area contributed by atoms with E-state index in [0.29, 0.717) is 18.7 Å². The van der Waals surface area contributed by atoms with Gasteiger partial charge in [0.25, 0.3) is 5.69 Å². The maximum atomic E-state index is 12.6. The van der Waals surface area contributed by atoms with Gasteiger partial charge in [-0.2, -0.15) is 4.31 Å². The van der Waals surface area contributed by atoms with Gasteiger partial charge in [-0.3, -0.25) is 10.1 Å². The summed E-state index contributed by atoms with van der Waals surface area (Å²) in [5.41, 5.74) is 0.626. The van der Waals surface area contributed by atoms with E-state index in [-0.39, 0.29) is 22.9 Å². The molecule has 0 aliphatic carbocycles. The number of sulfonamides is 1. The van der Waals surface area contributed by atoms with Gasteiger partial charge >= 0.3 is 5.97 Å². The standard InChI is InChI=1S/C17H21N3O6S/c1-4-19(5-2)27(24,25)15-10-16(18(3)11-15)17(21)26-12-13-6-8-14(9-7-13)20(22)23/h6-11H,4-5,12H2,1-3H3. The van der Waals surface area contributed by atoms with Crippen molar-refractivity contribution in [1.29, 1.82) is 0 Å². The number of esters is 1. The molecule has 0 spiro atoms. The molecule has 2 rings (SSSR count). The molecule has 2 aromatic rings. The number of aromatic nitrogens is 1. The molecule has 10 heteroatoms. The van der Waals surface area contributed by atoms with Crippen LogP contribution in [0.2, 0.25) is 0 Å². The van der Waals surface area contributed by atoms with Gasteiger partial charge in [0.15, 0.2) is 0 Å². The molecular weight excluding hydrogens is 374 g/mol. The zero-order chi connectivity index (χ0) is 20.2. The Kier molecular flexibility index (Phi) is 6.34. The third-order valence-electron chi connectivity index (χ3n) is 4.05. The quantitative estimate of drug-likeness (QED) is 0.385. The molecule has 0 bridgehead atoms. The Bertz CT molecular complexity index is 930. The highest BCUT2D eigenvalue weighted by Crippen LogP contribution is 2.19. The molecule has 0 saturated carbocycles. The molecular formula is C17H21N3O6S. The predicted molar refractivity (Wildman–Crippen MR) is 97.7 cm³/mol. The van der Waals surface area contributed by atoms with Crippen LogP contribution in [0, 0.1) is 10.1 Å². The third-order valence-corrected chi connectivity index (χ3v) is 6.06. The second-order valence-corrected chi connectivity index (χ2v) is 7.70. The van der Waals surface area contributed by atoms with Crippen molar-refractivity contribution in [3.8, 4) is 0 Å². The van der Waals surface area contributed by atoms with Crippen LogP contribution in [0.5, 0.6) is 0 Å². The average molecular weight is 395 g/mol. The lowest BCUT2D eigenvalue weighted by molar-refractivity contribution is -0.384. The Morgan fingerprint density at radius 1 is 1.22 bits per heavy atom. The highest BCUT2D eigenvalue weighted by molar-refractivity contribution is 7.89. The van der Waals surface area contributed by atoms with E-state index in [1.807, 2.05) is 0 Å². The summed E-state index contributed by atoms with van der Waals surface area (Å²) in [4.78, 5) is 22.5. The first kappa shape index (κ1) is 20.6. The molecule has 0 unspecified atom stereocenters. The number of benzene rings is 1. The zero-order valence-corrected chi connectivity index (χ0v) is 16.1. The van der Waals surface area contributed by atoms with Crippen molar-refractivity contribution in [3.05, 3.63) is 57.9 Å². The van der Waals surface area contributed by atoms with E-state index in [0.717, 1.165) is 0 Å². The number of hydrogen-bond acceptors (Lipinski definition) is 6. The number of carbonyl (C=O) groups is 1. The first-order valence-corrected chi connectivity index (χ1v) is 9.71. The summed E-state index contributed by atoms with van der Waals surface area (Å²) in [6.07, 6.45) is 1.37. The summed E-state index contributed by atoms with van der Waals surface area (Å²) in [7, 11) is -2.12. The van der Waals surface area contributed by atoms with Crippen LogP contribution in [0.15, 0.2) is 41.4 Å². The fraction of sp³-hybridized carbons (Fsp3) is 0.353. The van der Waals surface area contributed by atoms with Crippen molar-refractivity contribution in [1.82, 2.24) is 8.87 Å². The molecule has 146 valence electrons. The highest BCUT2D eigenvalue weighted by Gasteiger charge is 2.25. The molecule has 0 radical (unpaired) electrons. The molecule has 0 aliphatic rings. The fourth-order valence-electron chi connectivity index (χ4n) is 2.53. The van der Waals surface area contributed by atoms with Crippen LogP contribution in [-0.2, 0) is 28.4 Å². The van der Waals surface area contributed by atoms with Crippen molar-refractivity contribution >= 4 is 21.7 Å². The van der Waals surface area contributed by atoms with Crippen LogP contribution in [0.25, 0.3) is 0 Å². The second-order valence-electron chi connectivity index (χ2n) is 5.76. The summed E-state index contributed by atoms with van der Waals surface area (Å²) >= 11 is 0. The number of aryl methyl sites for hydroxylation is 1. The summed E-state index contributed by atoms with van der Waals surface area (Å²) in [5.74, 6) is -0.683. The zero-order valence-electron chi connectivity index (χ0n) is 15.3. The number of ether oxygens (including phenoxy) is 1. The van der Waals surface area contributed by atoms with Gasteiger partial charge < -0.3 is 9.30 Å². The monoisotopic (exact) mass is 395 g/mol. The number of hydrogen-bond donors (Lipinski definition) is 0. The molecule has 0 aliphatic heterocycles. The maximum Gasteiger partial charge on any atom is 0.355 e. The van der Waals surface area contributed by atoms with Crippen LogP contribution in [0.4, 0.5) is 5.69 Å². The summed E-state index contributed by atoms with van der Waals surface area (Å²) in [6, 6.07) is 6.91. The Labute approximate surface area is 157 Å². The first-order valence-electron chi connectivity index (χ1n) is 8.27. The first-order chi connectivity index (χ1) is 12.7.